The number of hydrogen-bond acceptors (Lipinski definition) is 4. The Kier molecular flexibility index (Phi) is 6.46. The van der Waals surface area contributed by atoms with Crippen LogP contribution in [0.1, 0.15) is 52.8 Å². The second-order valence-corrected chi connectivity index (χ2v) is 5.41. The van der Waals surface area contributed by atoms with Gasteiger partial charge in [0.25, 0.3) is 0 Å². The van der Waals surface area contributed by atoms with Crippen LogP contribution >= 0.6 is 0 Å². The summed E-state index contributed by atoms with van der Waals surface area (Å²) in [6.07, 6.45) is 2.91. The highest BCUT2D eigenvalue weighted by Gasteiger charge is 2.46. The summed E-state index contributed by atoms with van der Waals surface area (Å²) >= 11 is 0. The monoisotopic (exact) mass is 338 g/mol. The molecule has 1 aliphatic carbocycles. The zero-order valence-corrected chi connectivity index (χ0v) is 12.8. The lowest BCUT2D eigenvalue weighted by Crippen LogP contribution is -2.40. The van der Waals surface area contributed by atoms with Crippen LogP contribution in [0.25, 0.3) is 0 Å². The molecule has 0 heterocycles. The van der Waals surface area contributed by atoms with Crippen molar-refractivity contribution in [3.8, 4) is 0 Å². The summed E-state index contributed by atoms with van der Waals surface area (Å²) in [6, 6.07) is 5.48. The Morgan fingerprint density at radius 2 is 1.08 bits per heavy atom. The van der Waals surface area contributed by atoms with E-state index >= 15 is 0 Å². The van der Waals surface area contributed by atoms with Crippen molar-refractivity contribution in [3.05, 3.63) is 35.4 Å². The van der Waals surface area contributed by atoms with Crippen LogP contribution in [-0.4, -0.2) is 44.3 Å². The third kappa shape index (κ3) is 4.31. The molecule has 0 atom stereocenters. The van der Waals surface area contributed by atoms with E-state index < -0.39 is 29.3 Å². The maximum absolute atomic E-state index is 10.7. The number of carboxylic acid groups (broad SMARTS) is 4. The molecule has 0 saturated heterocycles. The minimum Gasteiger partial charge on any atom is -0.480 e. The molecule has 24 heavy (non-hydrogen) atoms. The van der Waals surface area contributed by atoms with E-state index in [0.29, 0.717) is 12.8 Å². The molecule has 0 bridgehead atoms. The maximum Gasteiger partial charge on any atom is 0.336 e. The van der Waals surface area contributed by atoms with Crippen molar-refractivity contribution in [2.45, 2.75) is 32.1 Å². The van der Waals surface area contributed by atoms with Crippen molar-refractivity contribution in [1.29, 1.82) is 0 Å². The average Bonchev–Trinajstić information content (AvgIpc) is 2.55. The number of benzene rings is 1. The number of carbonyl (C=O) groups is 4. The number of hydrogen-bond donors (Lipinski definition) is 4. The maximum atomic E-state index is 10.7. The van der Waals surface area contributed by atoms with E-state index in [1.54, 1.807) is 0 Å². The van der Waals surface area contributed by atoms with Crippen molar-refractivity contribution in [2.24, 2.45) is 5.41 Å². The van der Waals surface area contributed by atoms with E-state index in [1.165, 1.54) is 24.3 Å². The molecule has 0 amide bonds. The van der Waals surface area contributed by atoms with Gasteiger partial charge in [-0.1, -0.05) is 31.4 Å². The lowest BCUT2D eigenvalue weighted by atomic mass is 9.74. The number of carboxylic acids is 4. The topological polar surface area (TPSA) is 149 Å². The number of aliphatic carboxylic acids is 2. The lowest BCUT2D eigenvalue weighted by Gasteiger charge is -2.28. The fourth-order valence-corrected chi connectivity index (χ4v) is 2.53. The first-order valence-corrected chi connectivity index (χ1v) is 7.25. The van der Waals surface area contributed by atoms with Crippen LogP contribution in [-0.2, 0) is 9.59 Å². The first kappa shape index (κ1) is 19.1. The van der Waals surface area contributed by atoms with Gasteiger partial charge in [-0.3, -0.25) is 9.59 Å². The van der Waals surface area contributed by atoms with Gasteiger partial charge in [0.05, 0.1) is 11.1 Å². The molecule has 8 nitrogen and oxygen atoms in total. The van der Waals surface area contributed by atoms with Gasteiger partial charge in [0, 0.05) is 0 Å². The Morgan fingerprint density at radius 3 is 1.33 bits per heavy atom. The molecular formula is C16H18O8. The molecule has 1 fully saturated rings. The standard InChI is InChI=1S/C8H12O4.C8H6O4/c9-6(10)8(7(11)12)4-2-1-3-5-8;9-7(10)5-3-1-2-4-6(5)8(11)12/h1-5H2,(H,9,10)(H,11,12);1-4H,(H,9,10)(H,11,12). The van der Waals surface area contributed by atoms with Crippen LogP contribution in [0.4, 0.5) is 0 Å². The normalized spacial score (nSPS) is 15.5. The van der Waals surface area contributed by atoms with Gasteiger partial charge in [-0.05, 0) is 25.0 Å². The summed E-state index contributed by atoms with van der Waals surface area (Å²) in [5.41, 5.74) is -1.87. The third-order valence-electron chi connectivity index (χ3n) is 3.91. The van der Waals surface area contributed by atoms with Gasteiger partial charge in [-0.15, -0.1) is 0 Å². The van der Waals surface area contributed by atoms with E-state index in [4.69, 9.17) is 20.4 Å². The largest absolute Gasteiger partial charge is 0.480 e. The lowest BCUT2D eigenvalue weighted by molar-refractivity contribution is -0.167. The zero-order valence-electron chi connectivity index (χ0n) is 12.8. The van der Waals surface area contributed by atoms with Gasteiger partial charge in [0.1, 0.15) is 0 Å². The summed E-state index contributed by atoms with van der Waals surface area (Å²) in [5.74, 6) is -4.83. The van der Waals surface area contributed by atoms with Gasteiger partial charge in [-0.2, -0.15) is 0 Å². The predicted molar refractivity (Wildman–Crippen MR) is 81.2 cm³/mol. The van der Waals surface area contributed by atoms with Crippen LogP contribution in [0.15, 0.2) is 24.3 Å². The highest BCUT2D eigenvalue weighted by Crippen LogP contribution is 2.36. The Bertz CT molecular complexity index is 594. The van der Waals surface area contributed by atoms with E-state index in [9.17, 15) is 19.2 Å². The van der Waals surface area contributed by atoms with Crippen LogP contribution in [0.3, 0.4) is 0 Å². The molecule has 8 heteroatoms. The molecule has 1 aromatic rings. The van der Waals surface area contributed by atoms with Gasteiger partial charge < -0.3 is 20.4 Å². The third-order valence-corrected chi connectivity index (χ3v) is 3.91. The van der Waals surface area contributed by atoms with E-state index in [1.807, 2.05) is 0 Å². The Hall–Kier alpha value is -2.90. The molecule has 0 radical (unpaired) electrons. The van der Waals surface area contributed by atoms with Gasteiger partial charge >= 0.3 is 23.9 Å². The van der Waals surface area contributed by atoms with Crippen LogP contribution in [0, 0.1) is 5.41 Å². The Balaban J connectivity index is 0.000000240. The fraction of sp³-hybridized carbons (Fsp3) is 0.375. The van der Waals surface area contributed by atoms with E-state index in [2.05, 4.69) is 0 Å². The van der Waals surface area contributed by atoms with Gasteiger partial charge in [0.2, 0.25) is 0 Å². The van der Waals surface area contributed by atoms with Gasteiger partial charge in [0.15, 0.2) is 5.41 Å². The SMILES string of the molecule is O=C(O)C1(C(=O)O)CCCCC1.O=C(O)c1ccccc1C(=O)O. The minimum atomic E-state index is -1.49. The quantitative estimate of drug-likeness (QED) is 0.610. The molecule has 0 spiro atoms. The van der Waals surface area contributed by atoms with Crippen LogP contribution < -0.4 is 0 Å². The second kappa shape index (κ2) is 8.09. The highest BCUT2D eigenvalue weighted by molar-refractivity contribution is 6.01. The highest BCUT2D eigenvalue weighted by atomic mass is 16.4. The second-order valence-electron chi connectivity index (χ2n) is 5.41. The van der Waals surface area contributed by atoms with E-state index in [0.717, 1.165) is 6.42 Å². The van der Waals surface area contributed by atoms with E-state index in [-0.39, 0.29) is 24.0 Å². The predicted octanol–water partition coefficient (Wildman–Crippen LogP) is 2.19. The summed E-state index contributed by atoms with van der Waals surface area (Å²) in [7, 11) is 0. The van der Waals surface area contributed by atoms with Crippen molar-refractivity contribution in [2.75, 3.05) is 0 Å². The van der Waals surface area contributed by atoms with Crippen LogP contribution in [0.5, 0.6) is 0 Å². The van der Waals surface area contributed by atoms with Crippen molar-refractivity contribution >= 4 is 23.9 Å². The fourth-order valence-electron chi connectivity index (χ4n) is 2.53. The summed E-state index contributed by atoms with van der Waals surface area (Å²) in [4.78, 5) is 42.4. The summed E-state index contributed by atoms with van der Waals surface area (Å²) in [6.45, 7) is 0. The zero-order chi connectivity index (χ0) is 18.3. The summed E-state index contributed by atoms with van der Waals surface area (Å²) in [5, 5.41) is 34.7. The molecule has 2 rings (SSSR count). The first-order valence-electron chi connectivity index (χ1n) is 7.25. The molecule has 130 valence electrons. The average molecular weight is 338 g/mol. The minimum absolute atomic E-state index is 0.190. The number of aromatic carboxylic acids is 2. The Labute approximate surface area is 137 Å². The molecule has 0 aliphatic heterocycles. The number of rotatable bonds is 4. The summed E-state index contributed by atoms with van der Waals surface area (Å²) < 4.78 is 0. The molecule has 0 aromatic heterocycles. The Morgan fingerprint density at radius 1 is 0.708 bits per heavy atom. The molecular weight excluding hydrogens is 320 g/mol. The van der Waals surface area contributed by atoms with Gasteiger partial charge in [-0.25, -0.2) is 9.59 Å². The molecule has 1 aliphatic rings. The first-order chi connectivity index (χ1) is 11.2. The van der Waals surface area contributed by atoms with Crippen molar-refractivity contribution < 1.29 is 39.6 Å². The molecule has 0 unspecified atom stereocenters. The molecule has 4 N–H and O–H groups in total. The molecule has 1 aromatic carbocycles. The smallest absolute Gasteiger partial charge is 0.336 e. The van der Waals surface area contributed by atoms with Crippen molar-refractivity contribution in [3.63, 3.8) is 0 Å². The molecule has 1 saturated carbocycles. The van der Waals surface area contributed by atoms with Crippen molar-refractivity contribution in [1.82, 2.24) is 0 Å². The van der Waals surface area contributed by atoms with Crippen LogP contribution in [0.2, 0.25) is 0 Å².